The summed E-state index contributed by atoms with van der Waals surface area (Å²) in [6.07, 6.45) is 4.41. The maximum Gasteiger partial charge on any atom is 0.341 e. The van der Waals surface area contributed by atoms with E-state index >= 15 is 0 Å². The number of benzene rings is 1. The predicted octanol–water partition coefficient (Wildman–Crippen LogP) is 3.19. The molecule has 0 saturated heterocycles. The van der Waals surface area contributed by atoms with E-state index in [1.54, 1.807) is 17.8 Å². The average molecular weight is 386 g/mol. The van der Waals surface area contributed by atoms with Crippen LogP contribution in [0.4, 0.5) is 0 Å². The molecule has 2 atom stereocenters. The van der Waals surface area contributed by atoms with Gasteiger partial charge in [-0.3, -0.25) is 4.68 Å². The third-order valence-electron chi connectivity index (χ3n) is 4.75. The molecule has 0 spiro atoms. The highest BCUT2D eigenvalue weighted by Gasteiger charge is 2.46. The van der Waals surface area contributed by atoms with E-state index < -0.39 is 0 Å². The highest BCUT2D eigenvalue weighted by molar-refractivity contribution is 6.17. The van der Waals surface area contributed by atoms with Gasteiger partial charge in [0.25, 0.3) is 0 Å². The van der Waals surface area contributed by atoms with Crippen LogP contribution < -0.4 is 0 Å². The van der Waals surface area contributed by atoms with Crippen molar-refractivity contribution in [3.8, 4) is 5.69 Å². The number of aryl methyl sites for hydroxylation is 1. The van der Waals surface area contributed by atoms with Gasteiger partial charge >= 0.3 is 5.97 Å². The molecule has 4 rings (SSSR count). The summed E-state index contributed by atoms with van der Waals surface area (Å²) in [6, 6.07) is 7.85. The molecule has 1 fully saturated rings. The molecule has 0 amide bonds. The minimum atomic E-state index is -0.350. The molecule has 0 bridgehead atoms. The molecular weight excluding hydrogens is 366 g/mol. The Morgan fingerprint density at radius 3 is 2.93 bits per heavy atom. The Balaban J connectivity index is 1.75. The van der Waals surface area contributed by atoms with Gasteiger partial charge in [-0.1, -0.05) is 17.3 Å². The number of carbonyl (C=O) groups is 1. The standard InChI is InChI=1S/C19H20ClN5O2/c1-3-27-19(26)16-10-21-25(13-6-4-5-12(7-13)9-20)18(16)15-8-14(15)17-11-24(2)23-22-17/h4-7,10-11,14-15H,3,8-9H2,1-2H3/t14-,15-/m1/s1. The normalized spacial score (nSPS) is 18.5. The van der Waals surface area contributed by atoms with Crippen molar-refractivity contribution in [3.63, 3.8) is 0 Å². The van der Waals surface area contributed by atoms with Gasteiger partial charge in [0.2, 0.25) is 0 Å². The van der Waals surface area contributed by atoms with E-state index in [1.165, 1.54) is 0 Å². The molecule has 1 aliphatic carbocycles. The number of nitrogens with zero attached hydrogens (tertiary/aromatic N) is 5. The quantitative estimate of drug-likeness (QED) is 0.481. The molecule has 0 aliphatic heterocycles. The van der Waals surface area contributed by atoms with Crippen molar-refractivity contribution in [2.24, 2.45) is 7.05 Å². The van der Waals surface area contributed by atoms with E-state index in [2.05, 4.69) is 15.4 Å². The van der Waals surface area contributed by atoms with Gasteiger partial charge in [-0.2, -0.15) is 5.10 Å². The molecule has 1 saturated carbocycles. The molecule has 0 N–H and O–H groups in total. The molecule has 27 heavy (non-hydrogen) atoms. The maximum atomic E-state index is 12.5. The second-order valence-corrected chi connectivity index (χ2v) is 6.91. The van der Waals surface area contributed by atoms with Crippen LogP contribution in [0.25, 0.3) is 5.69 Å². The van der Waals surface area contributed by atoms with Gasteiger partial charge < -0.3 is 4.74 Å². The van der Waals surface area contributed by atoms with E-state index in [0.29, 0.717) is 18.1 Å². The van der Waals surface area contributed by atoms with Gasteiger partial charge in [0, 0.05) is 31.0 Å². The number of rotatable bonds is 6. The van der Waals surface area contributed by atoms with Crippen molar-refractivity contribution in [3.05, 3.63) is 59.2 Å². The second kappa shape index (κ2) is 7.15. The van der Waals surface area contributed by atoms with Gasteiger partial charge in [-0.25, -0.2) is 9.48 Å². The Kier molecular flexibility index (Phi) is 4.70. The lowest BCUT2D eigenvalue weighted by molar-refractivity contribution is 0.0525. The minimum Gasteiger partial charge on any atom is -0.462 e. The number of alkyl halides is 1. The Morgan fingerprint density at radius 2 is 2.22 bits per heavy atom. The highest BCUT2D eigenvalue weighted by atomic mass is 35.5. The Bertz CT molecular complexity index is 980. The van der Waals surface area contributed by atoms with Crippen LogP contribution in [0.5, 0.6) is 0 Å². The van der Waals surface area contributed by atoms with Crippen molar-refractivity contribution in [1.29, 1.82) is 0 Å². The Morgan fingerprint density at radius 1 is 1.37 bits per heavy atom. The van der Waals surface area contributed by atoms with E-state index in [4.69, 9.17) is 16.3 Å². The summed E-state index contributed by atoms with van der Waals surface area (Å²) < 4.78 is 8.76. The summed E-state index contributed by atoms with van der Waals surface area (Å²) in [5.74, 6) is 0.430. The fourth-order valence-corrected chi connectivity index (χ4v) is 3.58. The molecule has 2 aromatic heterocycles. The van der Waals surface area contributed by atoms with Gasteiger partial charge in [-0.05, 0) is 31.0 Å². The molecule has 0 unspecified atom stereocenters. The fraction of sp³-hybridized carbons (Fsp3) is 0.368. The summed E-state index contributed by atoms with van der Waals surface area (Å²) in [5.41, 5.74) is 4.16. The summed E-state index contributed by atoms with van der Waals surface area (Å²) >= 11 is 5.98. The first-order valence-corrected chi connectivity index (χ1v) is 9.42. The van der Waals surface area contributed by atoms with Crippen LogP contribution in [0.2, 0.25) is 0 Å². The van der Waals surface area contributed by atoms with Crippen molar-refractivity contribution in [1.82, 2.24) is 24.8 Å². The maximum absolute atomic E-state index is 12.5. The van der Waals surface area contributed by atoms with Gasteiger partial charge in [0.15, 0.2) is 0 Å². The Hall–Kier alpha value is -2.67. The average Bonchev–Trinajstić information content (AvgIpc) is 3.13. The second-order valence-electron chi connectivity index (χ2n) is 6.65. The lowest BCUT2D eigenvalue weighted by atomic mass is 10.1. The van der Waals surface area contributed by atoms with E-state index in [1.807, 2.05) is 42.2 Å². The first-order valence-electron chi connectivity index (χ1n) is 8.89. The van der Waals surface area contributed by atoms with Crippen LogP contribution >= 0.6 is 11.6 Å². The first kappa shape index (κ1) is 17.7. The molecule has 0 radical (unpaired) electrons. The van der Waals surface area contributed by atoms with Crippen LogP contribution in [-0.2, 0) is 17.7 Å². The highest BCUT2D eigenvalue weighted by Crippen LogP contribution is 2.55. The summed E-state index contributed by atoms with van der Waals surface area (Å²) in [6.45, 7) is 2.12. The number of hydrogen-bond acceptors (Lipinski definition) is 5. The van der Waals surface area contributed by atoms with Gasteiger partial charge in [-0.15, -0.1) is 16.7 Å². The van der Waals surface area contributed by atoms with Gasteiger partial charge in [0.05, 0.1) is 29.9 Å². The van der Waals surface area contributed by atoms with E-state index in [9.17, 15) is 4.79 Å². The molecule has 1 aliphatic rings. The molecule has 1 aromatic carbocycles. The van der Waals surface area contributed by atoms with Crippen LogP contribution in [0.3, 0.4) is 0 Å². The lowest BCUT2D eigenvalue weighted by Gasteiger charge is -2.10. The third kappa shape index (κ3) is 3.35. The topological polar surface area (TPSA) is 74.8 Å². The smallest absolute Gasteiger partial charge is 0.341 e. The van der Waals surface area contributed by atoms with Crippen molar-refractivity contribution >= 4 is 17.6 Å². The number of aromatic nitrogens is 5. The molecular formula is C19H20ClN5O2. The van der Waals surface area contributed by atoms with E-state index in [-0.39, 0.29) is 17.8 Å². The number of carbonyl (C=O) groups excluding carboxylic acids is 1. The molecule has 3 aromatic rings. The molecule has 8 heteroatoms. The monoisotopic (exact) mass is 385 g/mol. The van der Waals surface area contributed by atoms with Crippen LogP contribution in [0.15, 0.2) is 36.7 Å². The van der Waals surface area contributed by atoms with Crippen molar-refractivity contribution in [2.45, 2.75) is 31.1 Å². The lowest BCUT2D eigenvalue weighted by Crippen LogP contribution is -2.09. The SMILES string of the molecule is CCOC(=O)c1cnn(-c2cccc(CCl)c2)c1[C@@H]1C[C@H]1c1cn(C)nn1. The van der Waals surface area contributed by atoms with Gasteiger partial charge in [0.1, 0.15) is 5.56 Å². The van der Waals surface area contributed by atoms with Crippen LogP contribution in [-0.4, -0.2) is 37.4 Å². The zero-order chi connectivity index (χ0) is 19.0. The van der Waals surface area contributed by atoms with Crippen LogP contribution in [0.1, 0.15) is 52.5 Å². The van der Waals surface area contributed by atoms with E-state index in [0.717, 1.165) is 29.1 Å². The Labute approximate surface area is 161 Å². The molecule has 140 valence electrons. The number of halogens is 1. The molecule has 7 nitrogen and oxygen atoms in total. The fourth-order valence-electron chi connectivity index (χ4n) is 3.42. The van der Waals surface area contributed by atoms with Crippen molar-refractivity contribution < 1.29 is 9.53 Å². The summed E-state index contributed by atoms with van der Waals surface area (Å²) in [4.78, 5) is 12.5. The summed E-state index contributed by atoms with van der Waals surface area (Å²) in [5, 5.41) is 12.7. The van der Waals surface area contributed by atoms with Crippen LogP contribution in [0, 0.1) is 0 Å². The minimum absolute atomic E-state index is 0.142. The zero-order valence-corrected chi connectivity index (χ0v) is 15.9. The predicted molar refractivity (Wildman–Crippen MR) is 100 cm³/mol. The number of hydrogen-bond donors (Lipinski definition) is 0. The number of ether oxygens (including phenoxy) is 1. The largest absolute Gasteiger partial charge is 0.462 e. The zero-order valence-electron chi connectivity index (χ0n) is 15.2. The number of esters is 1. The first-order chi connectivity index (χ1) is 13.1. The molecule has 2 heterocycles. The summed E-state index contributed by atoms with van der Waals surface area (Å²) in [7, 11) is 1.85. The third-order valence-corrected chi connectivity index (χ3v) is 5.06. The van der Waals surface area contributed by atoms with Crippen molar-refractivity contribution in [2.75, 3.05) is 6.61 Å².